The van der Waals surface area contributed by atoms with Crippen LogP contribution in [0.25, 0.3) is 0 Å². The van der Waals surface area contributed by atoms with Crippen LogP contribution >= 0.6 is 12.4 Å². The summed E-state index contributed by atoms with van der Waals surface area (Å²) >= 11 is 0. The average molecular weight is 388 g/mol. The van der Waals surface area contributed by atoms with E-state index in [1.54, 1.807) is 7.11 Å². The van der Waals surface area contributed by atoms with Crippen LogP contribution < -0.4 is 10.1 Å². The highest BCUT2D eigenvalue weighted by Gasteiger charge is 2.35. The Morgan fingerprint density at radius 3 is 2.73 bits per heavy atom. The summed E-state index contributed by atoms with van der Waals surface area (Å²) < 4.78 is 45.2. The number of alkyl halides is 3. The molecule has 3 rings (SSSR count). The fourth-order valence-electron chi connectivity index (χ4n) is 3.20. The Morgan fingerprint density at radius 2 is 2.00 bits per heavy atom. The molecule has 0 aliphatic carbocycles. The number of ether oxygens (including phenoxy) is 1. The van der Waals surface area contributed by atoms with Crippen molar-refractivity contribution in [1.82, 2.24) is 15.2 Å². The second-order valence-electron chi connectivity index (χ2n) is 5.93. The number of nitrogens with one attached hydrogen (secondary N) is 1. The summed E-state index contributed by atoms with van der Waals surface area (Å²) in [6.45, 7) is 2.14. The smallest absolute Gasteiger partial charge is 0.418 e. The molecule has 1 aliphatic heterocycles. The minimum absolute atomic E-state index is 0. The number of piperazine rings is 1. The van der Waals surface area contributed by atoms with Crippen LogP contribution in [-0.2, 0) is 12.7 Å². The summed E-state index contributed by atoms with van der Waals surface area (Å²) in [7, 11) is 1.60. The molecule has 1 saturated heterocycles. The van der Waals surface area contributed by atoms with Crippen LogP contribution in [0.1, 0.15) is 22.9 Å². The lowest BCUT2D eigenvalue weighted by Gasteiger charge is -2.37. The molecule has 1 aromatic carbocycles. The monoisotopic (exact) mass is 387 g/mol. The SMILES string of the molecule is COc1ccccc1C1CNCCN1Cc1ncccc1C(F)(F)F.Cl. The topological polar surface area (TPSA) is 37.4 Å². The second kappa shape index (κ2) is 8.70. The van der Waals surface area contributed by atoms with Gasteiger partial charge in [-0.2, -0.15) is 13.2 Å². The highest BCUT2D eigenvalue weighted by molar-refractivity contribution is 5.85. The molecule has 8 heteroatoms. The lowest BCUT2D eigenvalue weighted by molar-refractivity contribution is -0.138. The van der Waals surface area contributed by atoms with E-state index in [0.717, 1.165) is 23.9 Å². The van der Waals surface area contributed by atoms with Gasteiger partial charge in [0.25, 0.3) is 0 Å². The van der Waals surface area contributed by atoms with Gasteiger partial charge < -0.3 is 10.1 Å². The molecule has 2 heterocycles. The predicted octanol–water partition coefficient (Wildman–Crippen LogP) is 3.68. The van der Waals surface area contributed by atoms with Crippen molar-refractivity contribution < 1.29 is 17.9 Å². The second-order valence-corrected chi connectivity index (χ2v) is 5.93. The van der Waals surface area contributed by atoms with Gasteiger partial charge in [-0.05, 0) is 18.2 Å². The summed E-state index contributed by atoms with van der Waals surface area (Å²) in [5.41, 5.74) is 0.339. The maximum absolute atomic E-state index is 13.3. The van der Waals surface area contributed by atoms with E-state index in [1.165, 1.54) is 12.3 Å². The molecular formula is C18H21ClF3N3O. The van der Waals surface area contributed by atoms with Crippen LogP contribution in [0, 0.1) is 0 Å². The van der Waals surface area contributed by atoms with E-state index >= 15 is 0 Å². The number of rotatable bonds is 4. The minimum atomic E-state index is -4.41. The van der Waals surface area contributed by atoms with Gasteiger partial charge in [-0.3, -0.25) is 9.88 Å². The van der Waals surface area contributed by atoms with Gasteiger partial charge >= 0.3 is 6.18 Å². The number of methoxy groups -OCH3 is 1. The van der Waals surface area contributed by atoms with Crippen molar-refractivity contribution in [3.8, 4) is 5.75 Å². The minimum Gasteiger partial charge on any atom is -0.496 e. The maximum atomic E-state index is 13.3. The number of pyridine rings is 1. The molecule has 4 nitrogen and oxygen atoms in total. The molecule has 1 unspecified atom stereocenters. The maximum Gasteiger partial charge on any atom is 0.418 e. The van der Waals surface area contributed by atoms with E-state index in [2.05, 4.69) is 10.3 Å². The number of hydrogen-bond donors (Lipinski definition) is 1. The summed E-state index contributed by atoms with van der Waals surface area (Å²) in [5.74, 6) is 0.735. The largest absolute Gasteiger partial charge is 0.496 e. The first-order valence-corrected chi connectivity index (χ1v) is 8.09. The molecule has 0 saturated carbocycles. The first kappa shape index (κ1) is 20.5. The Kier molecular flexibility index (Phi) is 6.86. The molecule has 2 aromatic rings. The Balaban J connectivity index is 0.00000243. The zero-order chi connectivity index (χ0) is 17.9. The van der Waals surface area contributed by atoms with Gasteiger partial charge in [-0.1, -0.05) is 18.2 Å². The summed E-state index contributed by atoms with van der Waals surface area (Å²) in [5, 5.41) is 3.31. The number of benzene rings is 1. The Morgan fingerprint density at radius 1 is 1.23 bits per heavy atom. The third kappa shape index (κ3) is 4.47. The van der Waals surface area contributed by atoms with Crippen LogP contribution in [0.3, 0.4) is 0 Å². The number of para-hydroxylation sites is 1. The van der Waals surface area contributed by atoms with Crippen molar-refractivity contribution in [2.75, 3.05) is 26.7 Å². The molecule has 0 spiro atoms. The van der Waals surface area contributed by atoms with E-state index in [4.69, 9.17) is 4.74 Å². The van der Waals surface area contributed by atoms with E-state index in [0.29, 0.717) is 13.1 Å². The molecule has 0 radical (unpaired) electrons. The van der Waals surface area contributed by atoms with Crippen molar-refractivity contribution in [2.24, 2.45) is 0 Å². The van der Waals surface area contributed by atoms with Crippen LogP contribution in [0.2, 0.25) is 0 Å². The molecule has 1 N–H and O–H groups in total. The zero-order valence-corrected chi connectivity index (χ0v) is 15.1. The van der Waals surface area contributed by atoms with Crippen molar-refractivity contribution in [3.63, 3.8) is 0 Å². The third-order valence-corrected chi connectivity index (χ3v) is 4.40. The summed E-state index contributed by atoms with van der Waals surface area (Å²) in [6.07, 6.45) is -3.00. The van der Waals surface area contributed by atoms with Crippen LogP contribution in [0.5, 0.6) is 5.75 Å². The van der Waals surface area contributed by atoms with E-state index < -0.39 is 11.7 Å². The Bertz CT molecular complexity index is 727. The van der Waals surface area contributed by atoms with Gasteiger partial charge in [0.15, 0.2) is 0 Å². The quantitative estimate of drug-likeness (QED) is 0.868. The number of nitrogens with zero attached hydrogens (tertiary/aromatic N) is 2. The molecule has 1 atom stereocenters. The Labute approximate surface area is 156 Å². The number of aromatic nitrogens is 1. The van der Waals surface area contributed by atoms with E-state index in [1.807, 2.05) is 29.2 Å². The highest BCUT2D eigenvalue weighted by atomic mass is 35.5. The zero-order valence-electron chi connectivity index (χ0n) is 14.3. The van der Waals surface area contributed by atoms with Gasteiger partial charge in [0.1, 0.15) is 5.75 Å². The average Bonchev–Trinajstić information content (AvgIpc) is 2.62. The number of hydrogen-bond acceptors (Lipinski definition) is 4. The standard InChI is InChI=1S/C18H20F3N3O.ClH/c1-25-17-7-3-2-5-13(17)16-11-22-9-10-24(16)12-15-14(18(19,20)21)6-4-8-23-15;/h2-8,16,22H,9-12H2,1H3;1H. The lowest BCUT2D eigenvalue weighted by Crippen LogP contribution is -2.45. The molecule has 1 fully saturated rings. The molecule has 1 aromatic heterocycles. The van der Waals surface area contributed by atoms with Crippen molar-refractivity contribution in [3.05, 3.63) is 59.4 Å². The highest BCUT2D eigenvalue weighted by Crippen LogP contribution is 2.34. The van der Waals surface area contributed by atoms with Gasteiger partial charge in [0.05, 0.1) is 24.4 Å². The Hall–Kier alpha value is -1.83. The van der Waals surface area contributed by atoms with E-state index in [9.17, 15) is 13.2 Å². The van der Waals surface area contributed by atoms with Crippen LogP contribution in [0.15, 0.2) is 42.6 Å². The van der Waals surface area contributed by atoms with Gasteiger partial charge in [-0.15, -0.1) is 12.4 Å². The van der Waals surface area contributed by atoms with Crippen molar-refractivity contribution >= 4 is 12.4 Å². The fourth-order valence-corrected chi connectivity index (χ4v) is 3.20. The summed E-state index contributed by atoms with van der Waals surface area (Å²) in [6, 6.07) is 9.94. The molecule has 0 amide bonds. The summed E-state index contributed by atoms with van der Waals surface area (Å²) in [4.78, 5) is 6.02. The molecule has 1 aliphatic rings. The normalized spacial score (nSPS) is 18.2. The van der Waals surface area contributed by atoms with Gasteiger partial charge in [0.2, 0.25) is 0 Å². The first-order valence-electron chi connectivity index (χ1n) is 8.09. The van der Waals surface area contributed by atoms with Crippen LogP contribution in [0.4, 0.5) is 13.2 Å². The molecule has 142 valence electrons. The van der Waals surface area contributed by atoms with Crippen molar-refractivity contribution in [2.45, 2.75) is 18.8 Å². The van der Waals surface area contributed by atoms with Gasteiger partial charge in [0, 0.05) is 37.9 Å². The van der Waals surface area contributed by atoms with Crippen molar-refractivity contribution in [1.29, 1.82) is 0 Å². The molecule has 26 heavy (non-hydrogen) atoms. The fraction of sp³-hybridized carbons (Fsp3) is 0.389. The molecular weight excluding hydrogens is 367 g/mol. The molecule has 0 bridgehead atoms. The number of halogens is 4. The third-order valence-electron chi connectivity index (χ3n) is 4.40. The van der Waals surface area contributed by atoms with Crippen LogP contribution in [-0.4, -0.2) is 36.6 Å². The van der Waals surface area contributed by atoms with E-state index in [-0.39, 0.29) is 30.7 Å². The predicted molar refractivity (Wildman–Crippen MR) is 95.5 cm³/mol. The first-order chi connectivity index (χ1) is 12.0. The van der Waals surface area contributed by atoms with Gasteiger partial charge in [-0.25, -0.2) is 0 Å². The lowest BCUT2D eigenvalue weighted by atomic mass is 10.0.